The number of amides is 1. The average molecular weight is 225 g/mol. The quantitative estimate of drug-likeness (QED) is 0.815. The van der Waals surface area contributed by atoms with Gasteiger partial charge in [0.25, 0.3) is 0 Å². The number of ether oxygens (including phenoxy) is 2. The standard InChI is InChI=1S/C10H15N3O3/c1-4-5-8(14)12-7-6-11-10(16-3)13-9(7)15-2/h6H,4-5H2,1-3H3,(H,12,14). The third-order valence-corrected chi connectivity index (χ3v) is 1.86. The molecule has 1 amide bonds. The Morgan fingerprint density at radius 1 is 1.44 bits per heavy atom. The van der Waals surface area contributed by atoms with Crippen LogP contribution < -0.4 is 14.8 Å². The predicted molar refractivity (Wildman–Crippen MR) is 58.7 cm³/mol. The molecule has 0 saturated heterocycles. The third kappa shape index (κ3) is 3.08. The van der Waals surface area contributed by atoms with Crippen molar-refractivity contribution < 1.29 is 14.3 Å². The summed E-state index contributed by atoms with van der Waals surface area (Å²) in [6, 6.07) is 0.199. The number of nitrogens with zero attached hydrogens (tertiary/aromatic N) is 2. The fourth-order valence-corrected chi connectivity index (χ4v) is 1.13. The van der Waals surface area contributed by atoms with Gasteiger partial charge in [-0.2, -0.15) is 4.98 Å². The van der Waals surface area contributed by atoms with E-state index in [-0.39, 0.29) is 17.8 Å². The lowest BCUT2D eigenvalue weighted by Gasteiger charge is -2.08. The number of hydrogen-bond acceptors (Lipinski definition) is 5. The highest BCUT2D eigenvalue weighted by Crippen LogP contribution is 2.22. The minimum atomic E-state index is -0.0884. The SMILES string of the molecule is CCCC(=O)Nc1cnc(OC)nc1OC. The van der Waals surface area contributed by atoms with Crippen LogP contribution >= 0.6 is 0 Å². The van der Waals surface area contributed by atoms with E-state index in [0.29, 0.717) is 12.1 Å². The summed E-state index contributed by atoms with van der Waals surface area (Å²) in [6.45, 7) is 1.93. The fraction of sp³-hybridized carbons (Fsp3) is 0.500. The van der Waals surface area contributed by atoms with Crippen molar-refractivity contribution in [2.75, 3.05) is 19.5 Å². The van der Waals surface area contributed by atoms with E-state index in [2.05, 4.69) is 15.3 Å². The van der Waals surface area contributed by atoms with Crippen LogP contribution in [-0.4, -0.2) is 30.1 Å². The topological polar surface area (TPSA) is 73.3 Å². The maximum absolute atomic E-state index is 11.4. The first kappa shape index (κ1) is 12.2. The van der Waals surface area contributed by atoms with Crippen LogP contribution in [0, 0.1) is 0 Å². The molecule has 1 rings (SSSR count). The fourth-order valence-electron chi connectivity index (χ4n) is 1.13. The van der Waals surface area contributed by atoms with Crippen molar-refractivity contribution >= 4 is 11.6 Å². The smallest absolute Gasteiger partial charge is 0.319 e. The molecule has 1 aromatic heterocycles. The van der Waals surface area contributed by atoms with Gasteiger partial charge >= 0.3 is 6.01 Å². The average Bonchev–Trinajstić information content (AvgIpc) is 2.30. The summed E-state index contributed by atoms with van der Waals surface area (Å²) < 4.78 is 9.87. The molecule has 88 valence electrons. The monoisotopic (exact) mass is 225 g/mol. The number of methoxy groups -OCH3 is 2. The molecule has 0 aliphatic carbocycles. The molecule has 0 bridgehead atoms. The van der Waals surface area contributed by atoms with E-state index in [1.165, 1.54) is 20.4 Å². The molecule has 16 heavy (non-hydrogen) atoms. The Labute approximate surface area is 94.0 Å². The zero-order valence-corrected chi connectivity index (χ0v) is 9.61. The summed E-state index contributed by atoms with van der Waals surface area (Å²) in [5.41, 5.74) is 0.446. The normalized spacial score (nSPS) is 9.69. The molecule has 0 radical (unpaired) electrons. The van der Waals surface area contributed by atoms with E-state index in [9.17, 15) is 4.79 Å². The van der Waals surface area contributed by atoms with Crippen LogP contribution in [0.25, 0.3) is 0 Å². The second-order valence-electron chi connectivity index (χ2n) is 3.08. The van der Waals surface area contributed by atoms with Gasteiger partial charge in [-0.05, 0) is 6.42 Å². The number of aromatic nitrogens is 2. The zero-order chi connectivity index (χ0) is 12.0. The largest absolute Gasteiger partial charge is 0.479 e. The van der Waals surface area contributed by atoms with Gasteiger partial charge in [-0.1, -0.05) is 6.92 Å². The lowest BCUT2D eigenvalue weighted by molar-refractivity contribution is -0.116. The van der Waals surface area contributed by atoms with Crippen molar-refractivity contribution in [2.24, 2.45) is 0 Å². The van der Waals surface area contributed by atoms with E-state index < -0.39 is 0 Å². The maximum Gasteiger partial charge on any atom is 0.319 e. The molecule has 0 unspecified atom stereocenters. The number of hydrogen-bond donors (Lipinski definition) is 1. The summed E-state index contributed by atoms with van der Waals surface area (Å²) >= 11 is 0. The molecule has 6 nitrogen and oxygen atoms in total. The van der Waals surface area contributed by atoms with Crippen molar-refractivity contribution in [1.82, 2.24) is 9.97 Å². The Bertz CT molecular complexity index is 368. The molecule has 0 fully saturated rings. The van der Waals surface area contributed by atoms with Gasteiger partial charge in [0.1, 0.15) is 5.69 Å². The van der Waals surface area contributed by atoms with E-state index in [0.717, 1.165) is 6.42 Å². The molecule has 0 aliphatic heterocycles. The highest BCUT2D eigenvalue weighted by atomic mass is 16.5. The lowest BCUT2D eigenvalue weighted by atomic mass is 10.3. The van der Waals surface area contributed by atoms with Crippen LogP contribution in [0.2, 0.25) is 0 Å². The first-order chi connectivity index (χ1) is 7.71. The predicted octanol–water partition coefficient (Wildman–Crippen LogP) is 1.23. The molecule has 0 spiro atoms. The molecule has 0 atom stereocenters. The van der Waals surface area contributed by atoms with Gasteiger partial charge < -0.3 is 14.8 Å². The number of anilines is 1. The van der Waals surface area contributed by atoms with Crippen molar-refractivity contribution in [1.29, 1.82) is 0 Å². The first-order valence-electron chi connectivity index (χ1n) is 4.96. The Kier molecular flexibility index (Phi) is 4.50. The van der Waals surface area contributed by atoms with Gasteiger partial charge in [0.05, 0.1) is 20.4 Å². The van der Waals surface area contributed by atoms with E-state index in [4.69, 9.17) is 9.47 Å². The van der Waals surface area contributed by atoms with Crippen molar-refractivity contribution in [2.45, 2.75) is 19.8 Å². The van der Waals surface area contributed by atoms with E-state index in [1.807, 2.05) is 6.92 Å². The van der Waals surface area contributed by atoms with Crippen LogP contribution in [0.5, 0.6) is 11.9 Å². The van der Waals surface area contributed by atoms with Crippen LogP contribution in [0.15, 0.2) is 6.20 Å². The van der Waals surface area contributed by atoms with Gasteiger partial charge in [-0.3, -0.25) is 4.79 Å². The number of rotatable bonds is 5. The molecule has 1 heterocycles. The summed E-state index contributed by atoms with van der Waals surface area (Å²) in [7, 11) is 2.93. The third-order valence-electron chi connectivity index (χ3n) is 1.86. The molecular formula is C10H15N3O3. The lowest BCUT2D eigenvalue weighted by Crippen LogP contribution is -2.12. The van der Waals surface area contributed by atoms with Gasteiger partial charge in [0, 0.05) is 6.42 Å². The van der Waals surface area contributed by atoms with Gasteiger partial charge in [-0.15, -0.1) is 0 Å². The molecule has 1 aromatic rings. The van der Waals surface area contributed by atoms with E-state index in [1.54, 1.807) is 0 Å². The summed E-state index contributed by atoms with van der Waals surface area (Å²) in [4.78, 5) is 19.2. The number of carbonyl (C=O) groups is 1. The Morgan fingerprint density at radius 3 is 2.75 bits per heavy atom. The van der Waals surface area contributed by atoms with Crippen molar-refractivity contribution in [3.63, 3.8) is 0 Å². The second kappa shape index (κ2) is 5.89. The summed E-state index contributed by atoms with van der Waals surface area (Å²) in [5, 5.41) is 2.67. The first-order valence-corrected chi connectivity index (χ1v) is 4.96. The Hall–Kier alpha value is -1.85. The van der Waals surface area contributed by atoms with Crippen LogP contribution in [0.4, 0.5) is 5.69 Å². The minimum absolute atomic E-state index is 0.0884. The van der Waals surface area contributed by atoms with Gasteiger partial charge in [0.2, 0.25) is 11.8 Å². The van der Waals surface area contributed by atoms with E-state index >= 15 is 0 Å². The zero-order valence-electron chi connectivity index (χ0n) is 9.61. The molecule has 1 N–H and O–H groups in total. The van der Waals surface area contributed by atoms with Gasteiger partial charge in [0.15, 0.2) is 0 Å². The molecule has 6 heteroatoms. The van der Waals surface area contributed by atoms with Crippen molar-refractivity contribution in [3.8, 4) is 11.9 Å². The second-order valence-corrected chi connectivity index (χ2v) is 3.08. The summed E-state index contributed by atoms with van der Waals surface area (Å²) in [5.74, 6) is 0.200. The highest BCUT2D eigenvalue weighted by Gasteiger charge is 2.10. The van der Waals surface area contributed by atoms with Crippen LogP contribution in [0.1, 0.15) is 19.8 Å². The van der Waals surface area contributed by atoms with Crippen LogP contribution in [-0.2, 0) is 4.79 Å². The highest BCUT2D eigenvalue weighted by molar-refractivity contribution is 5.91. The summed E-state index contributed by atoms with van der Waals surface area (Å²) in [6.07, 6.45) is 2.69. The van der Waals surface area contributed by atoms with Gasteiger partial charge in [-0.25, -0.2) is 4.98 Å². The maximum atomic E-state index is 11.4. The van der Waals surface area contributed by atoms with Crippen LogP contribution in [0.3, 0.4) is 0 Å². The Morgan fingerprint density at radius 2 is 2.19 bits per heavy atom. The molecule has 0 aromatic carbocycles. The van der Waals surface area contributed by atoms with Crippen molar-refractivity contribution in [3.05, 3.63) is 6.20 Å². The number of nitrogens with one attached hydrogen (secondary N) is 1. The minimum Gasteiger partial charge on any atom is -0.479 e. The molecule has 0 aliphatic rings. The Balaban J connectivity index is 2.83. The number of carbonyl (C=O) groups excluding carboxylic acids is 1. The molecular weight excluding hydrogens is 210 g/mol. The molecule has 0 saturated carbocycles.